The maximum atomic E-state index is 12.4. The Bertz CT molecular complexity index is 513. The number of nitrogens with two attached hydrogens (primary N) is 1. The SMILES string of the molecule is NC(=O)CC(Oc1ccc(Br)cc1)C(=O)NC1CCCCC1. The molecule has 1 saturated carbocycles. The topological polar surface area (TPSA) is 81.4 Å². The number of primary amides is 1. The molecule has 1 atom stereocenters. The van der Waals surface area contributed by atoms with Crippen molar-refractivity contribution in [2.45, 2.75) is 50.7 Å². The molecule has 2 amide bonds. The fourth-order valence-electron chi connectivity index (χ4n) is 2.59. The van der Waals surface area contributed by atoms with Crippen molar-refractivity contribution in [2.75, 3.05) is 0 Å². The Hall–Kier alpha value is -1.56. The van der Waals surface area contributed by atoms with Crippen LogP contribution in [0.4, 0.5) is 0 Å². The van der Waals surface area contributed by atoms with E-state index in [9.17, 15) is 9.59 Å². The van der Waals surface area contributed by atoms with E-state index in [1.165, 1.54) is 6.42 Å². The van der Waals surface area contributed by atoms with Crippen molar-refractivity contribution < 1.29 is 14.3 Å². The third kappa shape index (κ3) is 5.33. The Morgan fingerprint density at radius 2 is 1.86 bits per heavy atom. The first kappa shape index (κ1) is 16.8. The summed E-state index contributed by atoms with van der Waals surface area (Å²) in [7, 11) is 0. The molecular weight excluding hydrogens is 348 g/mol. The van der Waals surface area contributed by atoms with E-state index in [0.29, 0.717) is 5.75 Å². The quantitative estimate of drug-likeness (QED) is 0.809. The highest BCUT2D eigenvalue weighted by molar-refractivity contribution is 9.10. The molecule has 0 aromatic heterocycles. The number of hydrogen-bond donors (Lipinski definition) is 2. The van der Waals surface area contributed by atoms with Gasteiger partial charge in [-0.25, -0.2) is 0 Å². The third-order valence-corrected chi connectivity index (χ3v) is 4.25. The lowest BCUT2D eigenvalue weighted by Gasteiger charge is -2.25. The molecule has 0 radical (unpaired) electrons. The van der Waals surface area contributed by atoms with Crippen molar-refractivity contribution in [3.05, 3.63) is 28.7 Å². The fourth-order valence-corrected chi connectivity index (χ4v) is 2.85. The molecule has 2 rings (SSSR count). The Kier molecular flexibility index (Phi) is 6.24. The van der Waals surface area contributed by atoms with Gasteiger partial charge in [-0.1, -0.05) is 35.2 Å². The Morgan fingerprint density at radius 1 is 1.23 bits per heavy atom. The Labute approximate surface area is 138 Å². The van der Waals surface area contributed by atoms with Crippen LogP contribution in [0, 0.1) is 0 Å². The zero-order chi connectivity index (χ0) is 15.9. The van der Waals surface area contributed by atoms with E-state index >= 15 is 0 Å². The number of ether oxygens (including phenoxy) is 1. The second-order valence-corrected chi connectivity index (χ2v) is 6.49. The number of rotatable bonds is 6. The highest BCUT2D eigenvalue weighted by atomic mass is 79.9. The van der Waals surface area contributed by atoms with E-state index < -0.39 is 12.0 Å². The Balaban J connectivity index is 1.99. The molecular formula is C16H21BrN2O3. The van der Waals surface area contributed by atoms with Crippen LogP contribution in [0.2, 0.25) is 0 Å². The summed E-state index contributed by atoms with van der Waals surface area (Å²) in [5.41, 5.74) is 5.24. The predicted octanol–water partition coefficient (Wildman–Crippen LogP) is 2.52. The van der Waals surface area contributed by atoms with Gasteiger partial charge >= 0.3 is 0 Å². The summed E-state index contributed by atoms with van der Waals surface area (Å²) in [5.74, 6) is -0.289. The monoisotopic (exact) mass is 368 g/mol. The van der Waals surface area contributed by atoms with E-state index in [0.717, 1.165) is 30.2 Å². The normalized spacial score (nSPS) is 16.8. The van der Waals surface area contributed by atoms with Crippen LogP contribution in [0.1, 0.15) is 38.5 Å². The van der Waals surface area contributed by atoms with Crippen LogP contribution in [0.15, 0.2) is 28.7 Å². The van der Waals surface area contributed by atoms with Crippen LogP contribution in [0.25, 0.3) is 0 Å². The van der Waals surface area contributed by atoms with Gasteiger partial charge in [0.15, 0.2) is 6.10 Å². The van der Waals surface area contributed by atoms with E-state index in [4.69, 9.17) is 10.5 Å². The van der Waals surface area contributed by atoms with E-state index in [2.05, 4.69) is 21.2 Å². The average molecular weight is 369 g/mol. The number of hydrogen-bond acceptors (Lipinski definition) is 3. The summed E-state index contributed by atoms with van der Waals surface area (Å²) in [4.78, 5) is 23.6. The fraction of sp³-hybridized carbons (Fsp3) is 0.500. The van der Waals surface area contributed by atoms with Crippen LogP contribution < -0.4 is 15.8 Å². The first-order chi connectivity index (χ1) is 10.5. The van der Waals surface area contributed by atoms with Crippen molar-refractivity contribution in [3.63, 3.8) is 0 Å². The van der Waals surface area contributed by atoms with Crippen molar-refractivity contribution in [1.29, 1.82) is 0 Å². The lowest BCUT2D eigenvalue weighted by molar-refractivity contribution is -0.133. The van der Waals surface area contributed by atoms with Gasteiger partial charge in [0.1, 0.15) is 5.75 Å². The van der Waals surface area contributed by atoms with Crippen LogP contribution in [0.5, 0.6) is 5.75 Å². The third-order valence-electron chi connectivity index (χ3n) is 3.72. The molecule has 3 N–H and O–H groups in total. The predicted molar refractivity (Wildman–Crippen MR) is 87.4 cm³/mol. The van der Waals surface area contributed by atoms with Gasteiger partial charge in [-0.15, -0.1) is 0 Å². The van der Waals surface area contributed by atoms with Gasteiger partial charge in [-0.3, -0.25) is 9.59 Å². The highest BCUT2D eigenvalue weighted by Gasteiger charge is 2.25. The molecule has 0 spiro atoms. The number of halogens is 1. The molecule has 0 bridgehead atoms. The molecule has 22 heavy (non-hydrogen) atoms. The molecule has 1 aliphatic rings. The average Bonchev–Trinajstić information content (AvgIpc) is 2.49. The van der Waals surface area contributed by atoms with Crippen LogP contribution in [0.3, 0.4) is 0 Å². The molecule has 0 heterocycles. The maximum absolute atomic E-state index is 12.4. The van der Waals surface area contributed by atoms with Gasteiger partial charge in [-0.2, -0.15) is 0 Å². The summed E-state index contributed by atoms with van der Waals surface area (Å²) in [5, 5.41) is 2.97. The molecule has 0 aliphatic heterocycles. The van der Waals surface area contributed by atoms with Gasteiger partial charge in [-0.05, 0) is 37.1 Å². The lowest BCUT2D eigenvalue weighted by Crippen LogP contribution is -2.46. The molecule has 1 aromatic rings. The van der Waals surface area contributed by atoms with E-state index in [1.54, 1.807) is 12.1 Å². The first-order valence-electron chi connectivity index (χ1n) is 7.55. The minimum atomic E-state index is -0.888. The van der Waals surface area contributed by atoms with Crippen LogP contribution >= 0.6 is 15.9 Å². The van der Waals surface area contributed by atoms with E-state index in [1.807, 2.05) is 12.1 Å². The molecule has 6 heteroatoms. The number of benzene rings is 1. The first-order valence-corrected chi connectivity index (χ1v) is 8.35. The van der Waals surface area contributed by atoms with Gasteiger partial charge < -0.3 is 15.8 Å². The summed E-state index contributed by atoms with van der Waals surface area (Å²) < 4.78 is 6.56. The minimum Gasteiger partial charge on any atom is -0.480 e. The summed E-state index contributed by atoms with van der Waals surface area (Å²) in [6.07, 6.45) is 4.40. The lowest BCUT2D eigenvalue weighted by atomic mass is 9.95. The summed E-state index contributed by atoms with van der Waals surface area (Å²) in [6, 6.07) is 7.29. The van der Waals surface area contributed by atoms with Crippen molar-refractivity contribution in [3.8, 4) is 5.75 Å². The zero-order valence-electron chi connectivity index (χ0n) is 12.4. The minimum absolute atomic E-state index is 0.130. The van der Waals surface area contributed by atoms with Gasteiger partial charge in [0.05, 0.1) is 6.42 Å². The number of carbonyl (C=O) groups is 2. The van der Waals surface area contributed by atoms with Gasteiger partial charge in [0.2, 0.25) is 5.91 Å². The number of nitrogens with one attached hydrogen (secondary N) is 1. The largest absolute Gasteiger partial charge is 0.480 e. The van der Waals surface area contributed by atoms with Gasteiger partial charge in [0, 0.05) is 10.5 Å². The summed E-state index contributed by atoms with van der Waals surface area (Å²) >= 11 is 3.34. The van der Waals surface area contributed by atoms with Crippen LogP contribution in [-0.2, 0) is 9.59 Å². The molecule has 120 valence electrons. The molecule has 1 fully saturated rings. The standard InChI is InChI=1S/C16H21BrN2O3/c17-11-6-8-13(9-7-11)22-14(10-15(18)20)16(21)19-12-4-2-1-3-5-12/h6-9,12,14H,1-5,10H2,(H2,18,20)(H,19,21). The summed E-state index contributed by atoms with van der Waals surface area (Å²) in [6.45, 7) is 0. The van der Waals surface area contributed by atoms with Crippen molar-refractivity contribution in [1.82, 2.24) is 5.32 Å². The molecule has 1 aliphatic carbocycles. The maximum Gasteiger partial charge on any atom is 0.261 e. The second kappa shape index (κ2) is 8.17. The smallest absolute Gasteiger partial charge is 0.261 e. The number of carbonyl (C=O) groups excluding carboxylic acids is 2. The number of amides is 2. The van der Waals surface area contributed by atoms with Crippen LogP contribution in [-0.4, -0.2) is 24.0 Å². The van der Waals surface area contributed by atoms with E-state index in [-0.39, 0.29) is 18.4 Å². The highest BCUT2D eigenvalue weighted by Crippen LogP contribution is 2.20. The second-order valence-electron chi connectivity index (χ2n) is 5.57. The van der Waals surface area contributed by atoms with Crippen molar-refractivity contribution in [2.24, 2.45) is 5.73 Å². The molecule has 5 nitrogen and oxygen atoms in total. The molecule has 1 aromatic carbocycles. The van der Waals surface area contributed by atoms with Crippen molar-refractivity contribution >= 4 is 27.7 Å². The molecule has 0 saturated heterocycles. The molecule has 1 unspecified atom stereocenters. The zero-order valence-corrected chi connectivity index (χ0v) is 14.0. The van der Waals surface area contributed by atoms with Gasteiger partial charge in [0.25, 0.3) is 5.91 Å². The Morgan fingerprint density at radius 3 is 2.45 bits per heavy atom.